The molecule has 0 saturated carbocycles. The average Bonchev–Trinajstić information content (AvgIpc) is 3.36. The molecule has 2 aromatic rings. The molecule has 1 atom stereocenters. The van der Waals surface area contributed by atoms with E-state index < -0.39 is 4.92 Å². The molecule has 1 N–H and O–H groups in total. The first-order chi connectivity index (χ1) is 16.3. The zero-order valence-corrected chi connectivity index (χ0v) is 19.6. The number of amides is 3. The van der Waals surface area contributed by atoms with E-state index in [0.717, 1.165) is 0 Å². The molecule has 2 aliphatic rings. The highest BCUT2D eigenvalue weighted by atomic mass is 32.1. The maximum Gasteiger partial charge on any atom is 0.293 e. The van der Waals surface area contributed by atoms with E-state index in [4.69, 9.17) is 0 Å². The van der Waals surface area contributed by atoms with Crippen LogP contribution in [0, 0.1) is 16.0 Å². The fraction of sp³-hybridized carbons (Fsp3) is 0.455. The van der Waals surface area contributed by atoms with E-state index in [-0.39, 0.29) is 41.4 Å². The highest BCUT2D eigenvalue weighted by Crippen LogP contribution is 2.31. The first kappa shape index (κ1) is 23.6. The Bertz CT molecular complexity index is 1080. The van der Waals surface area contributed by atoms with Crippen LogP contribution in [0.3, 0.4) is 0 Å². The maximum absolute atomic E-state index is 13.2. The van der Waals surface area contributed by atoms with Crippen molar-refractivity contribution in [3.63, 3.8) is 0 Å². The van der Waals surface area contributed by atoms with E-state index in [1.54, 1.807) is 33.5 Å². The summed E-state index contributed by atoms with van der Waals surface area (Å²) in [6, 6.07) is 4.51. The summed E-state index contributed by atoms with van der Waals surface area (Å²) in [5, 5.41) is 16.9. The summed E-state index contributed by atoms with van der Waals surface area (Å²) in [5.41, 5.74) is 0.514. The predicted octanol–water partition coefficient (Wildman–Crippen LogP) is 2.21. The number of nitro benzene ring substituents is 1. The van der Waals surface area contributed by atoms with Crippen molar-refractivity contribution in [1.82, 2.24) is 14.8 Å². The molecule has 0 bridgehead atoms. The van der Waals surface area contributed by atoms with Crippen molar-refractivity contribution in [1.29, 1.82) is 0 Å². The molecule has 12 heteroatoms. The summed E-state index contributed by atoms with van der Waals surface area (Å²) in [6.07, 6.45) is 2.94. The van der Waals surface area contributed by atoms with Crippen LogP contribution < -0.4 is 10.2 Å². The van der Waals surface area contributed by atoms with Crippen molar-refractivity contribution in [2.75, 3.05) is 49.5 Å². The summed E-state index contributed by atoms with van der Waals surface area (Å²) in [6.45, 7) is 4.19. The fourth-order valence-corrected chi connectivity index (χ4v) is 4.92. The Morgan fingerprint density at radius 2 is 1.91 bits per heavy atom. The largest absolute Gasteiger partial charge is 0.362 e. The average molecular weight is 487 g/mol. The number of likely N-dealkylation sites (tertiary alicyclic amines) is 1. The predicted molar refractivity (Wildman–Crippen MR) is 127 cm³/mol. The lowest BCUT2D eigenvalue weighted by Gasteiger charge is -2.35. The van der Waals surface area contributed by atoms with Crippen molar-refractivity contribution in [3.05, 3.63) is 45.5 Å². The maximum atomic E-state index is 13.2. The van der Waals surface area contributed by atoms with Crippen molar-refractivity contribution in [3.8, 4) is 0 Å². The summed E-state index contributed by atoms with van der Waals surface area (Å²) in [4.78, 5) is 57.9. The Kier molecular flexibility index (Phi) is 7.06. The summed E-state index contributed by atoms with van der Waals surface area (Å²) < 4.78 is 0. The number of carbonyl (C=O) groups excluding carboxylic acids is 3. The number of nitro groups is 1. The quantitative estimate of drug-likeness (QED) is 0.507. The molecule has 2 fully saturated rings. The molecule has 34 heavy (non-hydrogen) atoms. The number of rotatable bonds is 5. The van der Waals surface area contributed by atoms with Crippen LogP contribution in [-0.2, 0) is 9.59 Å². The molecular formula is C22H26N6O5S. The number of piperidine rings is 1. The van der Waals surface area contributed by atoms with Crippen LogP contribution >= 0.6 is 11.3 Å². The standard InChI is InChI=1S/C22H26N6O5S/c1-15(29)25-8-10-26(11-9-25)18-5-4-16(13-19(18)28(32)33)21(31)27-7-2-3-17(14-27)20(30)24-22-23-6-12-34-22/h4-6,12-13,17H,2-3,7-11,14H2,1H3,(H,23,24,30). The summed E-state index contributed by atoms with van der Waals surface area (Å²) >= 11 is 1.33. The third kappa shape index (κ3) is 5.16. The van der Waals surface area contributed by atoms with Gasteiger partial charge in [0.05, 0.1) is 10.8 Å². The molecule has 1 unspecified atom stereocenters. The van der Waals surface area contributed by atoms with Gasteiger partial charge in [0.15, 0.2) is 5.13 Å². The zero-order chi connectivity index (χ0) is 24.2. The van der Waals surface area contributed by atoms with Crippen LogP contribution in [0.25, 0.3) is 0 Å². The lowest BCUT2D eigenvalue weighted by atomic mass is 9.96. The van der Waals surface area contributed by atoms with Gasteiger partial charge in [-0.1, -0.05) is 0 Å². The highest BCUT2D eigenvalue weighted by molar-refractivity contribution is 7.13. The number of nitrogens with one attached hydrogen (secondary N) is 1. The van der Waals surface area contributed by atoms with Crippen LogP contribution in [0.2, 0.25) is 0 Å². The minimum atomic E-state index is -0.482. The second kappa shape index (κ2) is 10.2. The van der Waals surface area contributed by atoms with Gasteiger partial charge in [-0.2, -0.15) is 0 Å². The van der Waals surface area contributed by atoms with Gasteiger partial charge in [0.25, 0.3) is 11.6 Å². The second-order valence-corrected chi connectivity index (χ2v) is 9.27. The molecule has 0 aliphatic carbocycles. The van der Waals surface area contributed by atoms with Crippen LogP contribution in [0.4, 0.5) is 16.5 Å². The monoisotopic (exact) mass is 486 g/mol. The minimum absolute atomic E-state index is 0.0183. The van der Waals surface area contributed by atoms with Crippen LogP contribution in [0.1, 0.15) is 30.1 Å². The van der Waals surface area contributed by atoms with E-state index in [1.807, 2.05) is 4.90 Å². The van der Waals surface area contributed by atoms with Gasteiger partial charge >= 0.3 is 0 Å². The molecule has 0 radical (unpaired) electrons. The van der Waals surface area contributed by atoms with E-state index in [0.29, 0.717) is 56.4 Å². The molecule has 1 aromatic carbocycles. The Labute approximate surface area is 200 Å². The summed E-state index contributed by atoms with van der Waals surface area (Å²) in [5.74, 6) is -0.898. The fourth-order valence-electron chi connectivity index (χ4n) is 4.38. The van der Waals surface area contributed by atoms with Gasteiger partial charge in [-0.25, -0.2) is 4.98 Å². The molecule has 180 valence electrons. The van der Waals surface area contributed by atoms with E-state index in [9.17, 15) is 24.5 Å². The third-order valence-corrected chi connectivity index (χ3v) is 6.92. The summed E-state index contributed by atoms with van der Waals surface area (Å²) in [7, 11) is 0. The van der Waals surface area contributed by atoms with E-state index in [1.165, 1.54) is 24.3 Å². The van der Waals surface area contributed by atoms with Gasteiger partial charge in [0, 0.05) is 69.4 Å². The van der Waals surface area contributed by atoms with Crippen LogP contribution in [0.15, 0.2) is 29.8 Å². The normalized spacial score (nSPS) is 18.5. The molecule has 3 amide bonds. The number of hydrogen-bond acceptors (Lipinski definition) is 8. The van der Waals surface area contributed by atoms with Gasteiger partial charge in [-0.3, -0.25) is 24.5 Å². The molecule has 11 nitrogen and oxygen atoms in total. The third-order valence-electron chi connectivity index (χ3n) is 6.23. The van der Waals surface area contributed by atoms with Crippen molar-refractivity contribution in [2.45, 2.75) is 19.8 Å². The number of hydrogen-bond donors (Lipinski definition) is 1. The molecule has 2 saturated heterocycles. The minimum Gasteiger partial charge on any atom is -0.362 e. The molecule has 2 aliphatic heterocycles. The number of piperazine rings is 1. The SMILES string of the molecule is CC(=O)N1CCN(c2ccc(C(=O)N3CCCC(C(=O)Nc4nccs4)C3)cc2[N+](=O)[O-])CC1. The number of nitrogens with zero attached hydrogens (tertiary/aromatic N) is 5. The van der Waals surface area contributed by atoms with Gasteiger partial charge in [-0.15, -0.1) is 11.3 Å². The second-order valence-electron chi connectivity index (χ2n) is 8.37. The van der Waals surface area contributed by atoms with Crippen LogP contribution in [0.5, 0.6) is 0 Å². The number of aromatic nitrogens is 1. The Morgan fingerprint density at radius 3 is 2.56 bits per heavy atom. The Morgan fingerprint density at radius 1 is 1.15 bits per heavy atom. The molecule has 3 heterocycles. The number of thiazole rings is 1. The van der Waals surface area contributed by atoms with Gasteiger partial charge in [0.1, 0.15) is 5.69 Å². The topological polar surface area (TPSA) is 129 Å². The van der Waals surface area contributed by atoms with Gasteiger partial charge in [-0.05, 0) is 25.0 Å². The van der Waals surface area contributed by atoms with Gasteiger partial charge in [0.2, 0.25) is 11.8 Å². The molecule has 1 aromatic heterocycles. The first-order valence-corrected chi connectivity index (χ1v) is 12.0. The Hall–Kier alpha value is -3.54. The lowest BCUT2D eigenvalue weighted by Crippen LogP contribution is -2.48. The number of benzene rings is 1. The number of carbonyl (C=O) groups is 3. The van der Waals surface area contributed by atoms with Crippen LogP contribution in [-0.4, -0.2) is 76.7 Å². The zero-order valence-electron chi connectivity index (χ0n) is 18.8. The molecule has 4 rings (SSSR count). The van der Waals surface area contributed by atoms with Crippen molar-refractivity contribution in [2.24, 2.45) is 5.92 Å². The molecular weight excluding hydrogens is 460 g/mol. The van der Waals surface area contributed by atoms with Gasteiger partial charge < -0.3 is 20.0 Å². The van der Waals surface area contributed by atoms with Crippen molar-refractivity contribution >= 4 is 45.6 Å². The van der Waals surface area contributed by atoms with Crippen molar-refractivity contribution < 1.29 is 19.3 Å². The molecule has 0 spiro atoms. The lowest BCUT2D eigenvalue weighted by molar-refractivity contribution is -0.384. The number of anilines is 2. The van der Waals surface area contributed by atoms with E-state index >= 15 is 0 Å². The Balaban J connectivity index is 1.46. The first-order valence-electron chi connectivity index (χ1n) is 11.1. The highest BCUT2D eigenvalue weighted by Gasteiger charge is 2.31. The smallest absolute Gasteiger partial charge is 0.293 e. The van der Waals surface area contributed by atoms with E-state index in [2.05, 4.69) is 10.3 Å².